The summed E-state index contributed by atoms with van der Waals surface area (Å²) in [7, 11) is 1.11. The monoisotopic (exact) mass is 330 g/mol. The summed E-state index contributed by atoms with van der Waals surface area (Å²) >= 11 is 0. The van der Waals surface area contributed by atoms with E-state index in [1.807, 2.05) is 0 Å². The van der Waals surface area contributed by atoms with Gasteiger partial charge in [0.05, 0.1) is 23.3 Å². The van der Waals surface area contributed by atoms with Gasteiger partial charge in [-0.2, -0.15) is 13.2 Å². The number of benzene rings is 1. The van der Waals surface area contributed by atoms with Crippen LogP contribution in [0.5, 0.6) is 0 Å². The van der Waals surface area contributed by atoms with Gasteiger partial charge < -0.3 is 4.74 Å². The quantitative estimate of drug-likeness (QED) is 0.486. The number of nitro benzene ring substituents is 1. The van der Waals surface area contributed by atoms with Crippen molar-refractivity contribution in [2.75, 3.05) is 7.11 Å². The van der Waals surface area contributed by atoms with Crippen molar-refractivity contribution in [1.29, 1.82) is 0 Å². The van der Waals surface area contributed by atoms with Crippen LogP contribution < -0.4 is 0 Å². The Morgan fingerprint density at radius 2 is 2.04 bits per heavy atom. The summed E-state index contributed by atoms with van der Waals surface area (Å²) in [5.41, 5.74) is -2.33. The van der Waals surface area contributed by atoms with Crippen LogP contribution in [0.3, 0.4) is 0 Å². The second kappa shape index (κ2) is 5.66. The highest BCUT2D eigenvalue weighted by atomic mass is 19.4. The zero-order chi connectivity index (χ0) is 17.4. The lowest BCUT2D eigenvalue weighted by atomic mass is 10.1. The van der Waals surface area contributed by atoms with Crippen LogP contribution in [0.1, 0.15) is 21.7 Å². The van der Waals surface area contributed by atoms with Gasteiger partial charge >= 0.3 is 12.1 Å². The number of carbonyl (C=O) groups is 1. The fourth-order valence-electron chi connectivity index (χ4n) is 1.87. The van der Waals surface area contributed by atoms with Crippen molar-refractivity contribution in [3.8, 4) is 5.69 Å². The maximum atomic E-state index is 12.7. The first-order valence-corrected chi connectivity index (χ1v) is 6.03. The number of rotatable bonds is 3. The van der Waals surface area contributed by atoms with E-state index in [0.29, 0.717) is 12.1 Å². The summed E-state index contributed by atoms with van der Waals surface area (Å²) in [6.45, 7) is 1.38. The second-order valence-electron chi connectivity index (χ2n) is 4.39. The molecule has 1 heterocycles. The van der Waals surface area contributed by atoms with Crippen molar-refractivity contribution in [2.45, 2.75) is 13.1 Å². The van der Waals surface area contributed by atoms with E-state index in [-0.39, 0.29) is 17.1 Å². The zero-order valence-electron chi connectivity index (χ0n) is 11.8. The molecule has 0 bridgehead atoms. The molecule has 1 aromatic carbocycles. The highest BCUT2D eigenvalue weighted by Crippen LogP contribution is 2.34. The summed E-state index contributed by atoms with van der Waals surface area (Å²) in [6.07, 6.45) is -4.72. The van der Waals surface area contributed by atoms with Gasteiger partial charge in [0, 0.05) is 6.07 Å². The summed E-state index contributed by atoms with van der Waals surface area (Å²) < 4.78 is 43.4. The second-order valence-corrected chi connectivity index (χ2v) is 4.39. The molecule has 23 heavy (non-hydrogen) atoms. The molecule has 0 radical (unpaired) electrons. The van der Waals surface area contributed by atoms with Gasteiger partial charge in [0.1, 0.15) is 5.69 Å². The van der Waals surface area contributed by atoms with Gasteiger partial charge in [-0.25, -0.2) is 9.48 Å². The average Bonchev–Trinajstić information content (AvgIpc) is 2.86. The smallest absolute Gasteiger partial charge is 0.416 e. The summed E-state index contributed by atoms with van der Waals surface area (Å²) in [4.78, 5) is 21.6. The maximum Gasteiger partial charge on any atom is 0.416 e. The minimum absolute atomic E-state index is 0.0970. The van der Waals surface area contributed by atoms with Crippen LogP contribution in [-0.2, 0) is 10.9 Å². The number of hydrogen-bond donors (Lipinski definition) is 0. The van der Waals surface area contributed by atoms with Crippen LogP contribution in [0.25, 0.3) is 5.69 Å². The molecule has 1 aromatic heterocycles. The molecule has 0 saturated carbocycles. The first-order chi connectivity index (χ1) is 10.7. The number of aromatic nitrogens is 3. The number of carbonyl (C=O) groups excluding carboxylic acids is 1. The van der Waals surface area contributed by atoms with E-state index in [1.165, 1.54) is 6.92 Å². The van der Waals surface area contributed by atoms with Gasteiger partial charge in [-0.1, -0.05) is 5.21 Å². The topological polar surface area (TPSA) is 100 Å². The fourth-order valence-corrected chi connectivity index (χ4v) is 1.87. The van der Waals surface area contributed by atoms with E-state index < -0.39 is 28.3 Å². The Morgan fingerprint density at radius 3 is 2.57 bits per heavy atom. The minimum Gasteiger partial charge on any atom is -0.464 e. The summed E-state index contributed by atoms with van der Waals surface area (Å²) in [6, 6.07) is 1.97. The Hall–Kier alpha value is -2.98. The van der Waals surface area contributed by atoms with Gasteiger partial charge in [0.2, 0.25) is 0 Å². The van der Waals surface area contributed by atoms with Gasteiger partial charge in [-0.15, -0.1) is 5.10 Å². The van der Waals surface area contributed by atoms with Crippen molar-refractivity contribution in [3.63, 3.8) is 0 Å². The lowest BCUT2D eigenvalue weighted by Crippen LogP contribution is -2.09. The zero-order valence-corrected chi connectivity index (χ0v) is 11.8. The summed E-state index contributed by atoms with van der Waals surface area (Å²) in [5.74, 6) is -0.816. The number of esters is 1. The molecule has 0 unspecified atom stereocenters. The molecule has 0 aliphatic rings. The SMILES string of the molecule is COC(=O)c1nnn(-c2ccc(C(F)(F)F)cc2[N+](=O)[O-])c1C. The maximum absolute atomic E-state index is 12.7. The van der Waals surface area contributed by atoms with E-state index in [2.05, 4.69) is 15.0 Å². The molecule has 11 heteroatoms. The predicted octanol–water partition coefficient (Wildman–Crippen LogP) is 2.29. The van der Waals surface area contributed by atoms with Crippen molar-refractivity contribution < 1.29 is 27.6 Å². The van der Waals surface area contributed by atoms with Crippen LogP contribution >= 0.6 is 0 Å². The third-order valence-electron chi connectivity index (χ3n) is 3.00. The first kappa shape index (κ1) is 16.4. The van der Waals surface area contributed by atoms with Crippen LogP contribution in [0.15, 0.2) is 18.2 Å². The molecule has 122 valence electrons. The fraction of sp³-hybridized carbons (Fsp3) is 0.250. The van der Waals surface area contributed by atoms with E-state index in [0.717, 1.165) is 17.9 Å². The molecule has 0 amide bonds. The predicted molar refractivity (Wildman–Crippen MR) is 69.1 cm³/mol. The standard InChI is InChI=1S/C12H9F3N4O4/c1-6-10(11(20)23-2)16-17-18(6)8-4-3-7(12(13,14)15)5-9(8)19(21)22/h3-5H,1-2H3. The van der Waals surface area contributed by atoms with Crippen LogP contribution in [0.2, 0.25) is 0 Å². The van der Waals surface area contributed by atoms with Gasteiger partial charge in [0.15, 0.2) is 5.69 Å². The molecular formula is C12H9F3N4O4. The van der Waals surface area contributed by atoms with Gasteiger partial charge in [-0.05, 0) is 19.1 Å². The normalized spacial score (nSPS) is 11.3. The summed E-state index contributed by atoms with van der Waals surface area (Å²) in [5, 5.41) is 18.2. The third-order valence-corrected chi connectivity index (χ3v) is 3.00. The van der Waals surface area contributed by atoms with Gasteiger partial charge in [0.25, 0.3) is 5.69 Å². The van der Waals surface area contributed by atoms with Gasteiger partial charge in [-0.3, -0.25) is 10.1 Å². The number of nitro groups is 1. The van der Waals surface area contributed by atoms with E-state index in [4.69, 9.17) is 0 Å². The molecule has 0 aliphatic carbocycles. The number of methoxy groups -OCH3 is 1. The number of nitrogens with zero attached hydrogens (tertiary/aromatic N) is 4. The van der Waals surface area contributed by atoms with Crippen molar-refractivity contribution in [2.24, 2.45) is 0 Å². The highest BCUT2D eigenvalue weighted by Gasteiger charge is 2.34. The molecule has 0 N–H and O–H groups in total. The third kappa shape index (κ3) is 2.98. The number of halogens is 3. The number of alkyl halides is 3. The molecule has 2 rings (SSSR count). The first-order valence-electron chi connectivity index (χ1n) is 6.03. The Bertz CT molecular complexity index is 785. The molecule has 8 nitrogen and oxygen atoms in total. The van der Waals surface area contributed by atoms with E-state index in [1.54, 1.807) is 0 Å². The molecule has 0 saturated heterocycles. The molecule has 0 aliphatic heterocycles. The van der Waals surface area contributed by atoms with Crippen molar-refractivity contribution >= 4 is 11.7 Å². The Balaban J connectivity index is 2.63. The molecule has 2 aromatic rings. The molecule has 0 spiro atoms. The van der Waals surface area contributed by atoms with Crippen LogP contribution in [0, 0.1) is 17.0 Å². The molecule has 0 fully saturated rings. The minimum atomic E-state index is -4.72. The van der Waals surface area contributed by atoms with E-state index >= 15 is 0 Å². The Morgan fingerprint density at radius 1 is 1.39 bits per heavy atom. The number of ether oxygens (including phenoxy) is 1. The van der Waals surface area contributed by atoms with Crippen molar-refractivity contribution in [3.05, 3.63) is 45.3 Å². The van der Waals surface area contributed by atoms with E-state index in [9.17, 15) is 28.1 Å². The van der Waals surface area contributed by atoms with Crippen LogP contribution in [-0.4, -0.2) is 33.0 Å². The molecule has 0 atom stereocenters. The highest BCUT2D eigenvalue weighted by molar-refractivity contribution is 5.88. The largest absolute Gasteiger partial charge is 0.464 e. The molecular weight excluding hydrogens is 321 g/mol. The average molecular weight is 330 g/mol. The Labute approximate surface area is 126 Å². The van der Waals surface area contributed by atoms with Crippen molar-refractivity contribution in [1.82, 2.24) is 15.0 Å². The lowest BCUT2D eigenvalue weighted by molar-refractivity contribution is -0.384. The number of hydrogen-bond acceptors (Lipinski definition) is 6. The van der Waals surface area contributed by atoms with Crippen LogP contribution in [0.4, 0.5) is 18.9 Å². The Kier molecular flexibility index (Phi) is 4.04. The lowest BCUT2D eigenvalue weighted by Gasteiger charge is -2.09.